The Bertz CT molecular complexity index is 448. The molecule has 0 saturated heterocycles. The fourth-order valence-corrected chi connectivity index (χ4v) is 1.49. The number of ether oxygens (including phenoxy) is 1. The van der Waals surface area contributed by atoms with Crippen LogP contribution in [0.4, 0.5) is 5.69 Å². The number of nitrogen functional groups attached to an aromatic ring is 1. The normalized spacial score (nSPS) is 11.9. The highest BCUT2D eigenvalue weighted by Gasteiger charge is 2.16. The number of benzene rings is 1. The highest BCUT2D eigenvalue weighted by atomic mass is 79.9. The smallest absolute Gasteiger partial charge is 0.339 e. The molecule has 1 amide bonds. The van der Waals surface area contributed by atoms with Gasteiger partial charge in [-0.05, 0) is 28.1 Å². The fraction of sp³-hybridized carbons (Fsp3) is 0.273. The molecule has 0 spiro atoms. The van der Waals surface area contributed by atoms with Crippen LogP contribution in [0.3, 0.4) is 0 Å². The summed E-state index contributed by atoms with van der Waals surface area (Å²) in [5.41, 5.74) is 11.5. The van der Waals surface area contributed by atoms with Gasteiger partial charge in [-0.25, -0.2) is 4.79 Å². The van der Waals surface area contributed by atoms with Gasteiger partial charge in [0.05, 0.1) is 16.0 Å². The Morgan fingerprint density at radius 2 is 2.12 bits per heavy atom. The Balaban J connectivity index is 2.71. The molecule has 0 heterocycles. The molecule has 0 aliphatic rings. The van der Waals surface area contributed by atoms with Crippen LogP contribution in [0.5, 0.6) is 0 Å². The zero-order valence-electron chi connectivity index (χ0n) is 9.27. The molecule has 0 bridgehead atoms. The molecule has 0 aromatic heterocycles. The summed E-state index contributed by atoms with van der Waals surface area (Å²) in [7, 11) is 0. The zero-order valence-corrected chi connectivity index (χ0v) is 10.9. The maximum atomic E-state index is 11.7. The largest absolute Gasteiger partial charge is 0.461 e. The molecule has 5 nitrogen and oxygen atoms in total. The van der Waals surface area contributed by atoms with E-state index in [0.29, 0.717) is 15.7 Å². The number of anilines is 1. The van der Waals surface area contributed by atoms with Gasteiger partial charge < -0.3 is 16.2 Å². The van der Waals surface area contributed by atoms with Crippen molar-refractivity contribution in [1.82, 2.24) is 0 Å². The third-order valence-corrected chi connectivity index (χ3v) is 3.08. The van der Waals surface area contributed by atoms with Gasteiger partial charge in [0.1, 0.15) is 6.61 Å². The minimum absolute atomic E-state index is 0.0462. The van der Waals surface area contributed by atoms with Crippen LogP contribution in [0.25, 0.3) is 0 Å². The van der Waals surface area contributed by atoms with Gasteiger partial charge in [0.2, 0.25) is 5.91 Å². The summed E-state index contributed by atoms with van der Waals surface area (Å²) in [4.78, 5) is 22.5. The SMILES string of the molecule is CC(COC(=O)c1cccc(N)c1Br)C(N)=O. The maximum absolute atomic E-state index is 11.7. The molecular formula is C11H13BrN2O3. The minimum Gasteiger partial charge on any atom is -0.461 e. The molecular weight excluding hydrogens is 288 g/mol. The summed E-state index contributed by atoms with van der Waals surface area (Å²) in [6, 6.07) is 4.89. The molecule has 92 valence electrons. The molecule has 1 rings (SSSR count). The van der Waals surface area contributed by atoms with E-state index in [1.54, 1.807) is 25.1 Å². The Hall–Kier alpha value is -1.56. The molecule has 1 aromatic carbocycles. The minimum atomic E-state index is -0.544. The summed E-state index contributed by atoms with van der Waals surface area (Å²) < 4.78 is 5.44. The second-order valence-electron chi connectivity index (χ2n) is 3.61. The second-order valence-corrected chi connectivity index (χ2v) is 4.40. The lowest BCUT2D eigenvalue weighted by Crippen LogP contribution is -2.26. The first kappa shape index (κ1) is 13.5. The van der Waals surface area contributed by atoms with Crippen LogP contribution in [0.1, 0.15) is 17.3 Å². The van der Waals surface area contributed by atoms with Gasteiger partial charge in [-0.2, -0.15) is 0 Å². The van der Waals surface area contributed by atoms with E-state index in [4.69, 9.17) is 16.2 Å². The van der Waals surface area contributed by atoms with Crippen LogP contribution in [0.2, 0.25) is 0 Å². The van der Waals surface area contributed by atoms with Gasteiger partial charge in [-0.1, -0.05) is 13.0 Å². The van der Waals surface area contributed by atoms with E-state index in [9.17, 15) is 9.59 Å². The van der Waals surface area contributed by atoms with Crippen molar-refractivity contribution in [2.45, 2.75) is 6.92 Å². The molecule has 0 aliphatic heterocycles. The second kappa shape index (κ2) is 5.67. The molecule has 17 heavy (non-hydrogen) atoms. The summed E-state index contributed by atoms with van der Waals surface area (Å²) >= 11 is 3.20. The van der Waals surface area contributed by atoms with Crippen LogP contribution >= 0.6 is 15.9 Å². The predicted molar refractivity (Wildman–Crippen MR) is 67.2 cm³/mol. The molecule has 6 heteroatoms. The van der Waals surface area contributed by atoms with E-state index >= 15 is 0 Å². The highest BCUT2D eigenvalue weighted by molar-refractivity contribution is 9.10. The van der Waals surface area contributed by atoms with Gasteiger partial charge >= 0.3 is 5.97 Å². The predicted octanol–water partition coefficient (Wildman–Crippen LogP) is 1.31. The first-order valence-electron chi connectivity index (χ1n) is 4.94. The van der Waals surface area contributed by atoms with Gasteiger partial charge in [-0.3, -0.25) is 4.79 Å². The van der Waals surface area contributed by atoms with Gasteiger partial charge in [-0.15, -0.1) is 0 Å². The molecule has 4 N–H and O–H groups in total. The van der Waals surface area contributed by atoms with Crippen LogP contribution in [-0.4, -0.2) is 18.5 Å². The Morgan fingerprint density at radius 3 is 2.71 bits per heavy atom. The summed E-state index contributed by atoms with van der Waals surface area (Å²) in [5.74, 6) is -1.57. The maximum Gasteiger partial charge on any atom is 0.339 e. The molecule has 0 radical (unpaired) electrons. The molecule has 0 fully saturated rings. The summed E-state index contributed by atoms with van der Waals surface area (Å²) in [6.07, 6.45) is 0. The van der Waals surface area contributed by atoms with E-state index < -0.39 is 17.8 Å². The number of halogens is 1. The van der Waals surface area contributed by atoms with Crippen molar-refractivity contribution in [2.24, 2.45) is 11.7 Å². The van der Waals surface area contributed by atoms with E-state index in [2.05, 4.69) is 15.9 Å². The first-order chi connectivity index (χ1) is 7.93. The standard InChI is InChI=1S/C11H13BrN2O3/c1-6(10(14)15)5-17-11(16)7-3-2-4-8(13)9(7)12/h2-4,6H,5,13H2,1H3,(H2,14,15). The first-order valence-corrected chi connectivity index (χ1v) is 5.73. The third kappa shape index (κ3) is 3.45. The Morgan fingerprint density at radius 1 is 1.47 bits per heavy atom. The number of carbonyl (C=O) groups is 2. The molecule has 1 aromatic rings. The van der Waals surface area contributed by atoms with E-state index in [0.717, 1.165) is 0 Å². The number of amides is 1. The van der Waals surface area contributed by atoms with Crippen LogP contribution in [0, 0.1) is 5.92 Å². The number of nitrogens with two attached hydrogens (primary N) is 2. The Labute approximate surface area is 107 Å². The monoisotopic (exact) mass is 300 g/mol. The lowest BCUT2D eigenvalue weighted by molar-refractivity contribution is -0.122. The van der Waals surface area contributed by atoms with Crippen molar-refractivity contribution in [3.8, 4) is 0 Å². The lowest BCUT2D eigenvalue weighted by Gasteiger charge is -2.10. The van der Waals surface area contributed by atoms with Crippen LogP contribution in [-0.2, 0) is 9.53 Å². The Kier molecular flexibility index (Phi) is 4.51. The van der Waals surface area contributed by atoms with Crippen molar-refractivity contribution in [3.05, 3.63) is 28.2 Å². The molecule has 0 aliphatic carbocycles. The fourth-order valence-electron chi connectivity index (χ4n) is 1.07. The number of rotatable bonds is 4. The number of hydrogen-bond acceptors (Lipinski definition) is 4. The number of esters is 1. The van der Waals surface area contributed by atoms with E-state index in [1.165, 1.54) is 0 Å². The molecule has 1 atom stereocenters. The van der Waals surface area contributed by atoms with Crippen molar-refractivity contribution in [2.75, 3.05) is 12.3 Å². The van der Waals surface area contributed by atoms with Crippen LogP contribution < -0.4 is 11.5 Å². The van der Waals surface area contributed by atoms with Crippen molar-refractivity contribution in [1.29, 1.82) is 0 Å². The van der Waals surface area contributed by atoms with Crippen LogP contribution in [0.15, 0.2) is 22.7 Å². The summed E-state index contributed by atoms with van der Waals surface area (Å²) in [5, 5.41) is 0. The number of carbonyl (C=O) groups excluding carboxylic acids is 2. The topological polar surface area (TPSA) is 95.4 Å². The molecule has 0 saturated carbocycles. The van der Waals surface area contributed by atoms with Gasteiger partial charge in [0.15, 0.2) is 0 Å². The average molecular weight is 301 g/mol. The molecule has 1 unspecified atom stereocenters. The average Bonchev–Trinajstić information content (AvgIpc) is 2.29. The van der Waals surface area contributed by atoms with Crippen molar-refractivity contribution < 1.29 is 14.3 Å². The number of hydrogen-bond donors (Lipinski definition) is 2. The van der Waals surface area contributed by atoms with E-state index in [-0.39, 0.29) is 6.61 Å². The summed E-state index contributed by atoms with van der Waals surface area (Å²) in [6.45, 7) is 1.54. The zero-order chi connectivity index (χ0) is 13.0. The van der Waals surface area contributed by atoms with Crippen molar-refractivity contribution in [3.63, 3.8) is 0 Å². The van der Waals surface area contributed by atoms with E-state index in [1.807, 2.05) is 0 Å². The van der Waals surface area contributed by atoms with Crippen molar-refractivity contribution >= 4 is 33.5 Å². The third-order valence-electron chi connectivity index (χ3n) is 2.20. The number of primary amides is 1. The lowest BCUT2D eigenvalue weighted by atomic mass is 10.2. The highest BCUT2D eigenvalue weighted by Crippen LogP contribution is 2.24. The van der Waals surface area contributed by atoms with Gasteiger partial charge in [0.25, 0.3) is 0 Å². The van der Waals surface area contributed by atoms with Gasteiger partial charge in [0, 0.05) is 5.69 Å². The quantitative estimate of drug-likeness (QED) is 0.647.